The van der Waals surface area contributed by atoms with Crippen LogP contribution in [0, 0.1) is 13.8 Å². The Bertz CT molecular complexity index is 1070. The Hall–Kier alpha value is -2.90. The largest absolute Gasteiger partial charge is 0.493 e. The molecular formula is C26H31NO5S. The first-order chi connectivity index (χ1) is 15.8. The molecule has 33 heavy (non-hydrogen) atoms. The Morgan fingerprint density at radius 2 is 1.82 bits per heavy atom. The molecule has 0 aliphatic rings. The molecule has 3 aromatic rings. The molecule has 0 aliphatic carbocycles. The molecule has 1 N–H and O–H groups in total. The van der Waals surface area contributed by atoms with Gasteiger partial charge >= 0.3 is 5.97 Å². The number of rotatable bonds is 11. The van der Waals surface area contributed by atoms with Gasteiger partial charge in [-0.15, -0.1) is 11.3 Å². The van der Waals surface area contributed by atoms with Crippen molar-refractivity contribution in [2.45, 2.75) is 52.7 Å². The summed E-state index contributed by atoms with van der Waals surface area (Å²) in [6, 6.07) is 13.9. The highest BCUT2D eigenvalue weighted by molar-refractivity contribution is 7.15. The van der Waals surface area contributed by atoms with Crippen molar-refractivity contribution in [3.8, 4) is 22.1 Å². The highest BCUT2D eigenvalue weighted by Crippen LogP contribution is 2.31. The number of carboxylic acids is 1. The molecule has 0 fully saturated rings. The maximum absolute atomic E-state index is 11.5. The molecule has 3 rings (SSSR count). The quantitative estimate of drug-likeness (QED) is 0.401. The molecule has 2 aromatic carbocycles. The van der Waals surface area contributed by atoms with Crippen LogP contribution >= 0.6 is 11.3 Å². The van der Waals surface area contributed by atoms with Gasteiger partial charge in [0, 0.05) is 23.3 Å². The van der Waals surface area contributed by atoms with Gasteiger partial charge in [0.25, 0.3) is 0 Å². The Kier molecular flexibility index (Phi) is 8.47. The van der Waals surface area contributed by atoms with Crippen molar-refractivity contribution in [1.29, 1.82) is 0 Å². The topological polar surface area (TPSA) is 77.9 Å². The first kappa shape index (κ1) is 24.7. The number of carbonyl (C=O) groups is 1. The van der Waals surface area contributed by atoms with E-state index in [0.717, 1.165) is 21.8 Å². The maximum Gasteiger partial charge on any atom is 0.333 e. The lowest BCUT2D eigenvalue weighted by molar-refractivity contribution is -0.153. The summed E-state index contributed by atoms with van der Waals surface area (Å²) in [7, 11) is 1.57. The molecule has 1 heterocycles. The summed E-state index contributed by atoms with van der Waals surface area (Å²) >= 11 is 1.69. The van der Waals surface area contributed by atoms with Gasteiger partial charge < -0.3 is 19.3 Å². The van der Waals surface area contributed by atoms with E-state index >= 15 is 0 Å². The Morgan fingerprint density at radius 3 is 2.45 bits per heavy atom. The van der Waals surface area contributed by atoms with Crippen molar-refractivity contribution < 1.29 is 24.1 Å². The minimum Gasteiger partial charge on any atom is -0.493 e. The number of thiazole rings is 1. The summed E-state index contributed by atoms with van der Waals surface area (Å²) in [5, 5.41) is 10.4. The molecule has 6 nitrogen and oxygen atoms in total. The summed E-state index contributed by atoms with van der Waals surface area (Å²) in [5.41, 5.74) is 4.19. The number of hydrogen-bond acceptors (Lipinski definition) is 6. The Labute approximate surface area is 199 Å². The first-order valence-corrected chi connectivity index (χ1v) is 11.8. The number of aliphatic carboxylic acids is 1. The van der Waals surface area contributed by atoms with Crippen LogP contribution in [0.4, 0.5) is 0 Å². The van der Waals surface area contributed by atoms with Crippen LogP contribution in [0.5, 0.6) is 11.5 Å². The van der Waals surface area contributed by atoms with Crippen LogP contribution < -0.4 is 9.47 Å². The molecule has 1 unspecified atom stereocenters. The molecule has 0 aliphatic heterocycles. The van der Waals surface area contributed by atoms with Crippen molar-refractivity contribution in [3.05, 3.63) is 64.2 Å². The van der Waals surface area contributed by atoms with E-state index in [-0.39, 0.29) is 12.5 Å². The number of hydrogen-bond donors (Lipinski definition) is 1. The smallest absolute Gasteiger partial charge is 0.333 e. The molecule has 176 valence electrons. The van der Waals surface area contributed by atoms with Crippen LogP contribution in [0.1, 0.15) is 35.5 Å². The van der Waals surface area contributed by atoms with Crippen LogP contribution in [-0.4, -0.2) is 42.0 Å². The van der Waals surface area contributed by atoms with Gasteiger partial charge in [-0.3, -0.25) is 0 Å². The van der Waals surface area contributed by atoms with E-state index in [1.807, 2.05) is 26.0 Å². The van der Waals surface area contributed by atoms with E-state index in [9.17, 15) is 9.90 Å². The third-order valence-corrected chi connectivity index (χ3v) is 6.21. The van der Waals surface area contributed by atoms with Gasteiger partial charge in [0.2, 0.25) is 0 Å². The monoisotopic (exact) mass is 469 g/mol. The lowest BCUT2D eigenvalue weighted by Crippen LogP contribution is -2.29. The third kappa shape index (κ3) is 6.79. The van der Waals surface area contributed by atoms with Gasteiger partial charge in [0.05, 0.1) is 25.5 Å². The fourth-order valence-corrected chi connectivity index (χ4v) is 4.40. The summed E-state index contributed by atoms with van der Waals surface area (Å²) in [5.74, 6) is 0.202. The van der Waals surface area contributed by atoms with Crippen LogP contribution in [0.25, 0.3) is 10.6 Å². The minimum atomic E-state index is -0.980. The van der Waals surface area contributed by atoms with Gasteiger partial charge in [-0.1, -0.05) is 35.9 Å². The molecule has 7 heteroatoms. The number of methoxy groups -OCH3 is 1. The normalized spacial score (nSPS) is 12.1. The van der Waals surface area contributed by atoms with Crippen LogP contribution in [0.3, 0.4) is 0 Å². The summed E-state index contributed by atoms with van der Waals surface area (Å²) < 4.78 is 17.0. The highest BCUT2D eigenvalue weighted by Gasteiger charge is 2.21. The predicted molar refractivity (Wildman–Crippen MR) is 131 cm³/mol. The zero-order valence-electron chi connectivity index (χ0n) is 19.8. The molecule has 0 amide bonds. The Morgan fingerprint density at radius 1 is 1.09 bits per heavy atom. The molecule has 0 bridgehead atoms. The summed E-state index contributed by atoms with van der Waals surface area (Å²) in [4.78, 5) is 17.5. The van der Waals surface area contributed by atoms with Gasteiger partial charge in [0.1, 0.15) is 5.01 Å². The lowest BCUT2D eigenvalue weighted by atomic mass is 10.1. The van der Waals surface area contributed by atoms with Gasteiger partial charge in [-0.2, -0.15) is 0 Å². The average molecular weight is 470 g/mol. The van der Waals surface area contributed by atoms with E-state index in [1.54, 1.807) is 24.5 Å². The molecule has 0 radical (unpaired) electrons. The van der Waals surface area contributed by atoms with Crippen molar-refractivity contribution in [3.63, 3.8) is 0 Å². The van der Waals surface area contributed by atoms with Crippen LogP contribution in [-0.2, 0) is 22.4 Å². The van der Waals surface area contributed by atoms with Crippen molar-refractivity contribution in [1.82, 2.24) is 4.98 Å². The van der Waals surface area contributed by atoms with Crippen molar-refractivity contribution >= 4 is 17.3 Å². The fourth-order valence-electron chi connectivity index (χ4n) is 3.43. The second-order valence-electron chi connectivity index (χ2n) is 8.19. The highest BCUT2D eigenvalue weighted by atomic mass is 32.1. The fraction of sp³-hybridized carbons (Fsp3) is 0.385. The maximum atomic E-state index is 11.5. The zero-order valence-corrected chi connectivity index (χ0v) is 20.6. The zero-order chi connectivity index (χ0) is 24.0. The molecular weight excluding hydrogens is 438 g/mol. The van der Waals surface area contributed by atoms with Crippen molar-refractivity contribution in [2.75, 3.05) is 13.7 Å². The number of aryl methyl sites for hydroxylation is 2. The second kappa shape index (κ2) is 11.3. The average Bonchev–Trinajstić information content (AvgIpc) is 3.14. The van der Waals surface area contributed by atoms with Crippen LogP contribution in [0.2, 0.25) is 0 Å². The molecule has 1 aromatic heterocycles. The Balaban J connectivity index is 1.63. The minimum absolute atomic E-state index is 0.170. The standard InChI is InChI=1S/C26H31NO5S/c1-16(2)32-24(26(28)29)15-19-8-11-22(23(14-19)30-5)31-13-12-21-18(4)33-25(27-21)20-9-6-17(3)7-10-20/h6-11,14,16,24H,12-13,15H2,1-5H3,(H,28,29). The number of benzene rings is 2. The van der Waals surface area contributed by atoms with E-state index in [4.69, 9.17) is 19.2 Å². The van der Waals surface area contributed by atoms with E-state index in [2.05, 4.69) is 38.1 Å². The van der Waals surface area contributed by atoms with E-state index < -0.39 is 12.1 Å². The van der Waals surface area contributed by atoms with Gasteiger partial charge in [-0.05, 0) is 45.4 Å². The number of nitrogens with zero attached hydrogens (tertiary/aromatic N) is 1. The van der Waals surface area contributed by atoms with E-state index in [0.29, 0.717) is 24.5 Å². The summed E-state index contributed by atoms with van der Waals surface area (Å²) in [6.45, 7) is 8.26. The third-order valence-electron chi connectivity index (χ3n) is 5.15. The molecule has 0 spiro atoms. The number of aromatic nitrogens is 1. The van der Waals surface area contributed by atoms with Gasteiger partial charge in [-0.25, -0.2) is 9.78 Å². The lowest BCUT2D eigenvalue weighted by Gasteiger charge is -2.17. The molecule has 1 atom stereocenters. The van der Waals surface area contributed by atoms with Crippen LogP contribution in [0.15, 0.2) is 42.5 Å². The molecule has 0 saturated heterocycles. The first-order valence-electron chi connectivity index (χ1n) is 11.0. The van der Waals surface area contributed by atoms with Crippen molar-refractivity contribution in [2.24, 2.45) is 0 Å². The predicted octanol–water partition coefficient (Wildman–Crippen LogP) is 5.48. The number of ether oxygens (including phenoxy) is 3. The summed E-state index contributed by atoms with van der Waals surface area (Å²) in [6.07, 6.45) is -0.139. The molecule has 0 saturated carbocycles. The van der Waals surface area contributed by atoms with E-state index in [1.165, 1.54) is 10.4 Å². The second-order valence-corrected chi connectivity index (χ2v) is 9.39. The number of carboxylic acid groups (broad SMARTS) is 1. The SMILES string of the molecule is COc1cc(CC(OC(C)C)C(=O)O)ccc1OCCc1nc(-c2ccc(C)cc2)sc1C. The van der Waals surface area contributed by atoms with Gasteiger partial charge in [0.15, 0.2) is 17.6 Å².